The van der Waals surface area contributed by atoms with E-state index in [0.29, 0.717) is 44.9 Å². The number of aryl methyl sites for hydroxylation is 2. The largest absolute Gasteiger partial charge is 0.493 e. The van der Waals surface area contributed by atoms with Gasteiger partial charge in [-0.05, 0) is 43.4 Å². The molecule has 1 aliphatic rings. The van der Waals surface area contributed by atoms with Crippen LogP contribution in [0.3, 0.4) is 0 Å². The van der Waals surface area contributed by atoms with E-state index in [1.165, 1.54) is 18.4 Å². The molecule has 0 fully saturated rings. The van der Waals surface area contributed by atoms with Gasteiger partial charge < -0.3 is 14.8 Å². The minimum Gasteiger partial charge on any atom is -0.493 e. The number of carbonyl (C=O) groups is 1. The van der Waals surface area contributed by atoms with Gasteiger partial charge in [0, 0.05) is 24.7 Å². The lowest BCUT2D eigenvalue weighted by Gasteiger charge is -2.11. The van der Waals surface area contributed by atoms with E-state index in [1.807, 2.05) is 6.92 Å². The van der Waals surface area contributed by atoms with Crippen LogP contribution in [0.4, 0.5) is 15.5 Å². The molecule has 0 saturated carbocycles. The number of carbonyl (C=O) groups excluding carboxylic acids is 1. The van der Waals surface area contributed by atoms with E-state index in [1.54, 1.807) is 29.9 Å². The van der Waals surface area contributed by atoms with Gasteiger partial charge in [0.25, 0.3) is 5.56 Å². The number of aromatic nitrogens is 2. The topological polar surface area (TPSA) is 94.5 Å². The molecule has 1 atom stereocenters. The van der Waals surface area contributed by atoms with Crippen molar-refractivity contribution in [2.24, 2.45) is 5.92 Å². The Morgan fingerprint density at radius 3 is 2.71 bits per heavy atom. The molecule has 0 saturated heterocycles. The van der Waals surface area contributed by atoms with Crippen LogP contribution >= 0.6 is 11.3 Å². The van der Waals surface area contributed by atoms with Crippen molar-refractivity contribution in [3.63, 3.8) is 0 Å². The number of fused-ring (bicyclic) bond motifs is 2. The molecule has 3 aromatic rings. The highest BCUT2D eigenvalue weighted by Gasteiger charge is 2.21. The smallest absolute Gasteiger partial charge is 0.324 e. The second-order valence-electron chi connectivity index (χ2n) is 7.80. The summed E-state index contributed by atoms with van der Waals surface area (Å²) in [6.45, 7) is 4.75. The Labute approximate surface area is 184 Å². The molecule has 4 rings (SSSR count). The fourth-order valence-electron chi connectivity index (χ4n) is 3.85. The second-order valence-corrected chi connectivity index (χ2v) is 8.80. The van der Waals surface area contributed by atoms with Gasteiger partial charge in [0.15, 0.2) is 11.5 Å². The first kappa shape index (κ1) is 21.2. The van der Waals surface area contributed by atoms with Crippen LogP contribution in [0.25, 0.3) is 10.2 Å². The van der Waals surface area contributed by atoms with Crippen LogP contribution in [0.15, 0.2) is 23.0 Å². The molecule has 2 N–H and O–H groups in total. The van der Waals surface area contributed by atoms with Crippen molar-refractivity contribution in [1.82, 2.24) is 9.55 Å². The number of urea groups is 1. The minimum atomic E-state index is -0.405. The number of nitrogens with one attached hydrogen (secondary N) is 2. The molecule has 0 spiro atoms. The molecule has 31 heavy (non-hydrogen) atoms. The zero-order chi connectivity index (χ0) is 22.1. The van der Waals surface area contributed by atoms with Crippen molar-refractivity contribution < 1.29 is 14.3 Å². The van der Waals surface area contributed by atoms with Crippen LogP contribution in [-0.4, -0.2) is 29.8 Å². The number of benzene rings is 1. The van der Waals surface area contributed by atoms with Crippen molar-refractivity contribution in [2.45, 2.75) is 39.7 Å². The third kappa shape index (κ3) is 4.10. The number of anilines is 2. The highest BCUT2D eigenvalue weighted by Crippen LogP contribution is 2.34. The van der Waals surface area contributed by atoms with Crippen LogP contribution < -0.4 is 25.7 Å². The van der Waals surface area contributed by atoms with Gasteiger partial charge in [0.1, 0.15) is 15.7 Å². The summed E-state index contributed by atoms with van der Waals surface area (Å²) in [5.74, 6) is 2.52. The van der Waals surface area contributed by atoms with E-state index >= 15 is 0 Å². The maximum atomic E-state index is 13.2. The van der Waals surface area contributed by atoms with Crippen LogP contribution in [-0.2, 0) is 13.0 Å². The summed E-state index contributed by atoms with van der Waals surface area (Å²) in [4.78, 5) is 31.2. The Bertz CT molecular complexity index is 1200. The van der Waals surface area contributed by atoms with Crippen LogP contribution in [0.2, 0.25) is 0 Å². The zero-order valence-corrected chi connectivity index (χ0v) is 18.9. The summed E-state index contributed by atoms with van der Waals surface area (Å²) >= 11 is 1.33. The first-order valence-electron chi connectivity index (χ1n) is 10.2. The van der Waals surface area contributed by atoms with Gasteiger partial charge in [-0.3, -0.25) is 14.7 Å². The lowest BCUT2D eigenvalue weighted by molar-refractivity contribution is 0.262. The number of methoxy groups -OCH3 is 2. The zero-order valence-electron chi connectivity index (χ0n) is 18.1. The minimum absolute atomic E-state index is 0.0174. The Morgan fingerprint density at radius 2 is 1.97 bits per heavy atom. The molecule has 164 valence electrons. The van der Waals surface area contributed by atoms with E-state index in [2.05, 4.69) is 17.6 Å². The van der Waals surface area contributed by atoms with E-state index in [0.717, 1.165) is 30.7 Å². The van der Waals surface area contributed by atoms with Crippen molar-refractivity contribution in [3.05, 3.63) is 39.9 Å². The van der Waals surface area contributed by atoms with Gasteiger partial charge in [-0.25, -0.2) is 9.78 Å². The molecule has 2 aromatic heterocycles. The predicted octanol–water partition coefficient (Wildman–Crippen LogP) is 4.40. The van der Waals surface area contributed by atoms with Crippen LogP contribution in [0.5, 0.6) is 11.5 Å². The highest BCUT2D eigenvalue weighted by atomic mass is 32.1. The molecule has 8 nitrogen and oxygen atoms in total. The summed E-state index contributed by atoms with van der Waals surface area (Å²) < 4.78 is 12.3. The highest BCUT2D eigenvalue weighted by molar-refractivity contribution is 7.22. The number of nitrogens with zero attached hydrogens (tertiary/aromatic N) is 2. The van der Waals surface area contributed by atoms with Gasteiger partial charge >= 0.3 is 6.03 Å². The number of hydrogen-bond acceptors (Lipinski definition) is 6. The average Bonchev–Trinajstić information content (AvgIpc) is 2.93. The summed E-state index contributed by atoms with van der Waals surface area (Å²) in [6.07, 6.45) is 2.80. The second kappa shape index (κ2) is 8.58. The lowest BCUT2D eigenvalue weighted by Crippen LogP contribution is -2.24. The third-order valence-corrected chi connectivity index (χ3v) is 6.81. The third-order valence-electron chi connectivity index (χ3n) is 5.70. The maximum absolute atomic E-state index is 13.2. The molecular weight excluding hydrogens is 416 g/mol. The number of ether oxygens (including phenoxy) is 2. The number of hydrogen-bond donors (Lipinski definition) is 2. The standard InChI is InChI=1S/C22H26N4O4S/c1-12-5-8-17-24-20-18(21(27)26(17)10-9-12)13(2)19(31-20)25-22(28)23-14-6-7-15(29-3)16(11-14)30-4/h6-7,11-12H,5,8-10H2,1-4H3,(H2,23,25,28)/t12-/m0/s1. The van der Waals surface area contributed by atoms with Gasteiger partial charge in [-0.15, -0.1) is 0 Å². The molecule has 0 radical (unpaired) electrons. The molecule has 1 aromatic carbocycles. The van der Waals surface area contributed by atoms with Crippen molar-refractivity contribution in [2.75, 3.05) is 24.9 Å². The Hall–Kier alpha value is -3.07. The van der Waals surface area contributed by atoms with Crippen LogP contribution in [0, 0.1) is 12.8 Å². The lowest BCUT2D eigenvalue weighted by atomic mass is 10.0. The quantitative estimate of drug-likeness (QED) is 0.625. The average molecular weight is 443 g/mol. The first-order valence-corrected chi connectivity index (χ1v) is 11.1. The fourth-order valence-corrected chi connectivity index (χ4v) is 4.93. The Balaban J connectivity index is 1.59. The van der Waals surface area contributed by atoms with E-state index in [-0.39, 0.29) is 5.56 Å². The molecule has 0 unspecified atom stereocenters. The van der Waals surface area contributed by atoms with E-state index in [4.69, 9.17) is 14.5 Å². The van der Waals surface area contributed by atoms with Crippen LogP contribution in [0.1, 0.15) is 31.2 Å². The summed E-state index contributed by atoms with van der Waals surface area (Å²) in [5, 5.41) is 6.85. The van der Waals surface area contributed by atoms with Crippen molar-refractivity contribution >= 4 is 38.3 Å². The normalized spacial score (nSPS) is 15.8. The molecule has 3 heterocycles. The molecule has 0 aliphatic carbocycles. The first-order chi connectivity index (χ1) is 14.9. The number of rotatable bonds is 4. The number of thiophene rings is 1. The summed E-state index contributed by atoms with van der Waals surface area (Å²) in [6, 6.07) is 4.72. The van der Waals surface area contributed by atoms with Gasteiger partial charge in [-0.1, -0.05) is 18.3 Å². The van der Waals surface area contributed by atoms with Crippen molar-refractivity contribution in [3.8, 4) is 11.5 Å². The molecule has 0 bridgehead atoms. The SMILES string of the molecule is COc1ccc(NC(=O)Nc2sc3nc4n(c(=O)c3c2C)CC[C@@H](C)CC4)cc1OC. The van der Waals surface area contributed by atoms with Gasteiger partial charge in [0.2, 0.25) is 0 Å². The molecule has 1 aliphatic heterocycles. The van der Waals surface area contributed by atoms with Gasteiger partial charge in [0.05, 0.1) is 19.6 Å². The fraction of sp³-hybridized carbons (Fsp3) is 0.409. The predicted molar refractivity (Wildman–Crippen MR) is 123 cm³/mol. The monoisotopic (exact) mass is 442 g/mol. The van der Waals surface area contributed by atoms with E-state index in [9.17, 15) is 9.59 Å². The Kier molecular flexibility index (Phi) is 5.86. The molecular formula is C22H26N4O4S. The summed E-state index contributed by atoms with van der Waals surface area (Å²) in [7, 11) is 3.09. The maximum Gasteiger partial charge on any atom is 0.324 e. The van der Waals surface area contributed by atoms with Gasteiger partial charge in [-0.2, -0.15) is 0 Å². The van der Waals surface area contributed by atoms with E-state index < -0.39 is 6.03 Å². The summed E-state index contributed by atoms with van der Waals surface area (Å²) in [5.41, 5.74) is 1.29. The Morgan fingerprint density at radius 1 is 1.19 bits per heavy atom. The number of amides is 2. The van der Waals surface area contributed by atoms with Crippen molar-refractivity contribution in [1.29, 1.82) is 0 Å². The molecule has 2 amide bonds. The molecule has 9 heteroatoms.